The van der Waals surface area contributed by atoms with E-state index in [9.17, 15) is 4.39 Å². The highest BCUT2D eigenvalue weighted by molar-refractivity contribution is 5.80. The van der Waals surface area contributed by atoms with E-state index in [0.717, 1.165) is 36.4 Å². The van der Waals surface area contributed by atoms with Gasteiger partial charge in [-0.3, -0.25) is 5.43 Å². The Balaban J connectivity index is 1.91. The summed E-state index contributed by atoms with van der Waals surface area (Å²) < 4.78 is 18.4. The molecule has 2 rings (SSSR count). The summed E-state index contributed by atoms with van der Waals surface area (Å²) in [6.45, 7) is 2.86. The lowest BCUT2D eigenvalue weighted by atomic mass is 10.2. The second-order valence-corrected chi connectivity index (χ2v) is 4.65. The van der Waals surface area contributed by atoms with E-state index in [4.69, 9.17) is 4.74 Å². The van der Waals surface area contributed by atoms with Crippen molar-refractivity contribution in [3.8, 4) is 5.75 Å². The number of benzene rings is 2. The molecule has 4 heteroatoms. The Kier molecular flexibility index (Phi) is 5.76. The minimum atomic E-state index is -0.263. The Bertz CT molecular complexity index is 582. The summed E-state index contributed by atoms with van der Waals surface area (Å²) in [5.74, 6) is 0.579. The van der Waals surface area contributed by atoms with E-state index in [-0.39, 0.29) is 5.82 Å². The van der Waals surface area contributed by atoms with E-state index in [1.54, 1.807) is 18.3 Å². The van der Waals surface area contributed by atoms with Crippen molar-refractivity contribution >= 4 is 11.9 Å². The highest BCUT2D eigenvalue weighted by Crippen LogP contribution is 2.13. The fraction of sp³-hybridized carbons (Fsp3) is 0.235. The Hall–Kier alpha value is -2.36. The molecule has 0 unspecified atom stereocenters. The lowest BCUT2D eigenvalue weighted by Gasteiger charge is -2.05. The molecule has 0 radical (unpaired) electrons. The van der Waals surface area contributed by atoms with Crippen LogP contribution in [0.15, 0.2) is 53.6 Å². The van der Waals surface area contributed by atoms with Gasteiger partial charge in [0, 0.05) is 0 Å². The van der Waals surface area contributed by atoms with Gasteiger partial charge in [0.25, 0.3) is 0 Å². The number of halogens is 1. The van der Waals surface area contributed by atoms with Crippen LogP contribution in [-0.2, 0) is 0 Å². The van der Waals surface area contributed by atoms with Crippen molar-refractivity contribution in [2.75, 3.05) is 12.0 Å². The molecule has 0 saturated carbocycles. The van der Waals surface area contributed by atoms with Crippen LogP contribution in [-0.4, -0.2) is 12.8 Å². The largest absolute Gasteiger partial charge is 0.494 e. The number of nitrogens with one attached hydrogen (secondary N) is 1. The normalized spacial score (nSPS) is 10.8. The molecule has 0 aliphatic carbocycles. The maximum atomic E-state index is 12.8. The number of hydrogen-bond donors (Lipinski definition) is 1. The summed E-state index contributed by atoms with van der Waals surface area (Å²) in [7, 11) is 0. The number of rotatable bonds is 7. The molecular weight excluding hydrogens is 267 g/mol. The van der Waals surface area contributed by atoms with Crippen molar-refractivity contribution in [1.29, 1.82) is 0 Å². The van der Waals surface area contributed by atoms with Gasteiger partial charge in [0.15, 0.2) is 0 Å². The minimum absolute atomic E-state index is 0.263. The standard InChI is InChI=1S/C17H19FN2O/c1-2-3-11-21-17-6-4-5-14(12-17)13-19-20-16-9-7-15(18)8-10-16/h4-10,12-13,20H,2-3,11H2,1H3/b19-13+. The first kappa shape index (κ1) is 15.0. The van der Waals surface area contributed by atoms with Gasteiger partial charge in [-0.2, -0.15) is 5.10 Å². The van der Waals surface area contributed by atoms with Crippen molar-refractivity contribution in [1.82, 2.24) is 0 Å². The highest BCUT2D eigenvalue weighted by atomic mass is 19.1. The van der Waals surface area contributed by atoms with E-state index in [2.05, 4.69) is 17.5 Å². The molecule has 3 nitrogen and oxygen atoms in total. The van der Waals surface area contributed by atoms with E-state index in [1.165, 1.54) is 12.1 Å². The smallest absolute Gasteiger partial charge is 0.123 e. The third-order valence-corrected chi connectivity index (χ3v) is 2.88. The third-order valence-electron chi connectivity index (χ3n) is 2.88. The second-order valence-electron chi connectivity index (χ2n) is 4.65. The van der Waals surface area contributed by atoms with Crippen LogP contribution in [0.5, 0.6) is 5.75 Å². The molecule has 0 fully saturated rings. The zero-order valence-electron chi connectivity index (χ0n) is 12.1. The number of unbranched alkanes of at least 4 members (excludes halogenated alkanes) is 1. The van der Waals surface area contributed by atoms with Gasteiger partial charge in [0.05, 0.1) is 18.5 Å². The predicted octanol–water partition coefficient (Wildman–Crippen LogP) is 4.45. The van der Waals surface area contributed by atoms with Crippen LogP contribution in [0.1, 0.15) is 25.3 Å². The zero-order chi connectivity index (χ0) is 14.9. The molecule has 0 heterocycles. The molecule has 0 spiro atoms. The van der Waals surface area contributed by atoms with Crippen LogP contribution in [0.25, 0.3) is 0 Å². The number of hydrazone groups is 1. The maximum Gasteiger partial charge on any atom is 0.123 e. The summed E-state index contributed by atoms with van der Waals surface area (Å²) in [5.41, 5.74) is 4.54. The Labute approximate surface area is 124 Å². The molecule has 21 heavy (non-hydrogen) atoms. The van der Waals surface area contributed by atoms with Gasteiger partial charge in [-0.1, -0.05) is 25.5 Å². The van der Waals surface area contributed by atoms with Crippen molar-refractivity contribution < 1.29 is 9.13 Å². The van der Waals surface area contributed by atoms with Crippen LogP contribution >= 0.6 is 0 Å². The first-order chi connectivity index (χ1) is 10.3. The molecule has 110 valence electrons. The molecule has 1 N–H and O–H groups in total. The van der Waals surface area contributed by atoms with Crippen LogP contribution < -0.4 is 10.2 Å². The fourth-order valence-electron chi connectivity index (χ4n) is 1.72. The number of anilines is 1. The molecule has 0 amide bonds. The first-order valence-electron chi connectivity index (χ1n) is 7.05. The summed E-state index contributed by atoms with van der Waals surface area (Å²) in [6, 6.07) is 13.8. The summed E-state index contributed by atoms with van der Waals surface area (Å²) >= 11 is 0. The van der Waals surface area contributed by atoms with Crippen LogP contribution in [0.4, 0.5) is 10.1 Å². The van der Waals surface area contributed by atoms with Gasteiger partial charge in [0.1, 0.15) is 11.6 Å². The summed E-state index contributed by atoms with van der Waals surface area (Å²) in [5, 5.41) is 4.13. The molecule has 0 atom stereocenters. The minimum Gasteiger partial charge on any atom is -0.494 e. The van der Waals surface area contributed by atoms with E-state index in [0.29, 0.717) is 0 Å². The lowest BCUT2D eigenvalue weighted by Crippen LogP contribution is -1.97. The van der Waals surface area contributed by atoms with Crippen molar-refractivity contribution in [3.05, 3.63) is 59.9 Å². The monoisotopic (exact) mass is 286 g/mol. The molecule has 0 aliphatic rings. The van der Waals surface area contributed by atoms with E-state index < -0.39 is 0 Å². The first-order valence-corrected chi connectivity index (χ1v) is 7.05. The Morgan fingerprint density at radius 1 is 1.19 bits per heavy atom. The quantitative estimate of drug-likeness (QED) is 0.463. The van der Waals surface area contributed by atoms with E-state index in [1.807, 2.05) is 24.3 Å². The van der Waals surface area contributed by atoms with Crippen molar-refractivity contribution in [2.24, 2.45) is 5.10 Å². The molecule has 2 aromatic rings. The molecule has 0 bridgehead atoms. The topological polar surface area (TPSA) is 33.6 Å². The van der Waals surface area contributed by atoms with Gasteiger partial charge in [-0.25, -0.2) is 4.39 Å². The van der Waals surface area contributed by atoms with Crippen LogP contribution in [0.2, 0.25) is 0 Å². The number of nitrogens with zero attached hydrogens (tertiary/aromatic N) is 1. The Morgan fingerprint density at radius 3 is 2.76 bits per heavy atom. The Morgan fingerprint density at radius 2 is 2.00 bits per heavy atom. The molecule has 0 aliphatic heterocycles. The average Bonchev–Trinajstić information content (AvgIpc) is 2.50. The second kappa shape index (κ2) is 8.04. The highest BCUT2D eigenvalue weighted by Gasteiger charge is 1.95. The summed E-state index contributed by atoms with van der Waals surface area (Å²) in [6.07, 6.45) is 3.86. The molecular formula is C17H19FN2O. The van der Waals surface area contributed by atoms with Gasteiger partial charge in [-0.15, -0.1) is 0 Å². The molecule has 2 aromatic carbocycles. The van der Waals surface area contributed by atoms with Gasteiger partial charge in [0.2, 0.25) is 0 Å². The van der Waals surface area contributed by atoms with Crippen LogP contribution in [0, 0.1) is 5.82 Å². The molecule has 0 aromatic heterocycles. The molecule has 0 saturated heterocycles. The van der Waals surface area contributed by atoms with Crippen molar-refractivity contribution in [3.63, 3.8) is 0 Å². The number of ether oxygens (including phenoxy) is 1. The lowest BCUT2D eigenvalue weighted by molar-refractivity contribution is 0.309. The maximum absolute atomic E-state index is 12.8. The SMILES string of the molecule is CCCCOc1cccc(/C=N/Nc2ccc(F)cc2)c1. The van der Waals surface area contributed by atoms with Gasteiger partial charge in [-0.05, 0) is 48.4 Å². The zero-order valence-corrected chi connectivity index (χ0v) is 12.1. The average molecular weight is 286 g/mol. The third kappa shape index (κ3) is 5.26. The number of hydrogen-bond acceptors (Lipinski definition) is 3. The summed E-state index contributed by atoms with van der Waals surface area (Å²) in [4.78, 5) is 0. The van der Waals surface area contributed by atoms with Crippen LogP contribution in [0.3, 0.4) is 0 Å². The fourth-order valence-corrected chi connectivity index (χ4v) is 1.72. The predicted molar refractivity (Wildman–Crippen MR) is 84.5 cm³/mol. The van der Waals surface area contributed by atoms with Gasteiger partial charge >= 0.3 is 0 Å². The van der Waals surface area contributed by atoms with E-state index >= 15 is 0 Å². The van der Waals surface area contributed by atoms with Gasteiger partial charge < -0.3 is 4.74 Å². The van der Waals surface area contributed by atoms with Crippen molar-refractivity contribution in [2.45, 2.75) is 19.8 Å².